The second-order valence-electron chi connectivity index (χ2n) is 5.93. The Hall–Kier alpha value is -3.46. The third-order valence-corrected chi connectivity index (χ3v) is 4.38. The number of nitrogens with zero attached hydrogens (tertiary/aromatic N) is 1. The van der Waals surface area contributed by atoms with Crippen molar-refractivity contribution in [3.8, 4) is 11.5 Å². The van der Waals surface area contributed by atoms with Crippen LogP contribution in [-0.4, -0.2) is 22.7 Å². The van der Waals surface area contributed by atoms with Gasteiger partial charge in [0.1, 0.15) is 11.5 Å². The highest BCUT2D eigenvalue weighted by atomic mass is 32.1. The molecule has 2 aromatic heterocycles. The average Bonchev–Trinajstić information content (AvgIpc) is 3.29. The van der Waals surface area contributed by atoms with Gasteiger partial charge in [-0.15, -0.1) is 11.3 Å². The molecule has 28 heavy (non-hydrogen) atoms. The van der Waals surface area contributed by atoms with Gasteiger partial charge in [-0.25, -0.2) is 4.98 Å². The third-order valence-electron chi connectivity index (χ3n) is 3.62. The Morgan fingerprint density at radius 1 is 1.00 bits per heavy atom. The smallest absolute Gasteiger partial charge is 0.257 e. The molecule has 0 atom stereocenters. The number of carbonyl (C=O) groups excluding carboxylic acids is 3. The van der Waals surface area contributed by atoms with Crippen molar-refractivity contribution in [2.75, 3.05) is 10.6 Å². The molecule has 0 aliphatic rings. The second-order valence-corrected chi connectivity index (χ2v) is 6.78. The van der Waals surface area contributed by atoms with Crippen molar-refractivity contribution in [2.24, 2.45) is 0 Å². The lowest BCUT2D eigenvalue weighted by atomic mass is 10.2. The molecule has 3 aromatic rings. The highest BCUT2D eigenvalue weighted by molar-refractivity contribution is 7.14. The van der Waals surface area contributed by atoms with Crippen LogP contribution in [0.4, 0.5) is 10.8 Å². The Morgan fingerprint density at radius 2 is 1.75 bits per heavy atom. The number of hydrogen-bond acceptors (Lipinski definition) is 6. The fourth-order valence-corrected chi connectivity index (χ4v) is 3.04. The van der Waals surface area contributed by atoms with E-state index in [9.17, 15) is 14.4 Å². The van der Waals surface area contributed by atoms with Gasteiger partial charge in [-0.05, 0) is 36.4 Å². The first kappa shape index (κ1) is 19.3. The van der Waals surface area contributed by atoms with E-state index in [1.165, 1.54) is 25.2 Å². The number of amides is 3. The van der Waals surface area contributed by atoms with E-state index in [1.54, 1.807) is 41.8 Å². The van der Waals surface area contributed by atoms with E-state index in [4.69, 9.17) is 4.42 Å². The molecular formula is C19H18N4O4S. The molecular weight excluding hydrogens is 380 g/mol. The molecule has 1 aromatic carbocycles. The van der Waals surface area contributed by atoms with Crippen molar-refractivity contribution in [1.29, 1.82) is 0 Å². The summed E-state index contributed by atoms with van der Waals surface area (Å²) >= 11 is 1.28. The van der Waals surface area contributed by atoms with E-state index < -0.39 is 0 Å². The highest BCUT2D eigenvalue weighted by Crippen LogP contribution is 2.27. The Labute approximate surface area is 165 Å². The predicted molar refractivity (Wildman–Crippen MR) is 106 cm³/mol. The fourth-order valence-electron chi connectivity index (χ4n) is 2.34. The highest BCUT2D eigenvalue weighted by Gasteiger charge is 2.12. The fraction of sp³-hybridized carbons (Fsp3) is 0.158. The van der Waals surface area contributed by atoms with Crippen LogP contribution >= 0.6 is 11.3 Å². The molecule has 0 aliphatic carbocycles. The van der Waals surface area contributed by atoms with Crippen LogP contribution in [-0.2, 0) is 16.1 Å². The Kier molecular flexibility index (Phi) is 5.85. The number of benzene rings is 1. The monoisotopic (exact) mass is 398 g/mol. The van der Waals surface area contributed by atoms with E-state index in [0.717, 1.165) is 0 Å². The summed E-state index contributed by atoms with van der Waals surface area (Å²) in [6.07, 6.45) is 0. The third kappa shape index (κ3) is 5.04. The van der Waals surface area contributed by atoms with E-state index in [-0.39, 0.29) is 17.7 Å². The van der Waals surface area contributed by atoms with Gasteiger partial charge in [-0.1, -0.05) is 0 Å². The molecule has 3 amide bonds. The van der Waals surface area contributed by atoms with E-state index in [0.29, 0.717) is 40.1 Å². The lowest BCUT2D eigenvalue weighted by Gasteiger charge is -2.04. The van der Waals surface area contributed by atoms with Gasteiger partial charge in [-0.2, -0.15) is 0 Å². The van der Waals surface area contributed by atoms with Gasteiger partial charge in [0, 0.05) is 30.5 Å². The molecule has 0 spiro atoms. The quantitative estimate of drug-likeness (QED) is 0.590. The van der Waals surface area contributed by atoms with Crippen LogP contribution in [0.1, 0.15) is 30.0 Å². The number of carbonyl (C=O) groups is 3. The van der Waals surface area contributed by atoms with Crippen LogP contribution < -0.4 is 16.0 Å². The van der Waals surface area contributed by atoms with Gasteiger partial charge in [-0.3, -0.25) is 19.7 Å². The maximum Gasteiger partial charge on any atom is 0.257 e. The van der Waals surface area contributed by atoms with E-state index >= 15 is 0 Å². The SMILES string of the molecule is CC(=O)NCc1ccc(-c2csc(NC(=O)c3ccc(NC(C)=O)cc3)n2)o1. The first-order valence-corrected chi connectivity index (χ1v) is 9.27. The summed E-state index contributed by atoms with van der Waals surface area (Å²) < 4.78 is 5.65. The van der Waals surface area contributed by atoms with Crippen molar-refractivity contribution in [3.05, 3.63) is 53.1 Å². The number of nitrogens with one attached hydrogen (secondary N) is 3. The molecule has 0 saturated carbocycles. The van der Waals surface area contributed by atoms with Crippen molar-refractivity contribution in [2.45, 2.75) is 20.4 Å². The normalized spacial score (nSPS) is 10.4. The van der Waals surface area contributed by atoms with Crippen LogP contribution in [0, 0.1) is 0 Å². The Bertz CT molecular complexity index is 1010. The van der Waals surface area contributed by atoms with E-state index in [2.05, 4.69) is 20.9 Å². The Balaban J connectivity index is 1.63. The van der Waals surface area contributed by atoms with Crippen molar-refractivity contribution in [3.63, 3.8) is 0 Å². The molecule has 0 bridgehead atoms. The molecule has 0 radical (unpaired) electrons. The summed E-state index contributed by atoms with van der Waals surface area (Å²) in [6, 6.07) is 10.1. The number of aromatic nitrogens is 1. The summed E-state index contributed by atoms with van der Waals surface area (Å²) in [5.74, 6) is 0.549. The van der Waals surface area contributed by atoms with Crippen molar-refractivity contribution >= 4 is 39.9 Å². The average molecular weight is 398 g/mol. The molecule has 9 heteroatoms. The summed E-state index contributed by atoms with van der Waals surface area (Å²) in [7, 11) is 0. The van der Waals surface area contributed by atoms with Gasteiger partial charge in [0.25, 0.3) is 5.91 Å². The lowest BCUT2D eigenvalue weighted by molar-refractivity contribution is -0.119. The molecule has 0 unspecified atom stereocenters. The van der Waals surface area contributed by atoms with E-state index in [1.807, 2.05) is 0 Å². The van der Waals surface area contributed by atoms with Crippen LogP contribution in [0.2, 0.25) is 0 Å². The largest absolute Gasteiger partial charge is 0.458 e. The van der Waals surface area contributed by atoms with Gasteiger partial charge in [0.2, 0.25) is 11.8 Å². The summed E-state index contributed by atoms with van der Waals surface area (Å²) in [6.45, 7) is 3.16. The first-order valence-electron chi connectivity index (χ1n) is 8.39. The molecule has 3 N–H and O–H groups in total. The maximum absolute atomic E-state index is 12.4. The van der Waals surface area contributed by atoms with Crippen LogP contribution in [0.5, 0.6) is 0 Å². The maximum atomic E-state index is 12.4. The number of hydrogen-bond donors (Lipinski definition) is 3. The number of rotatable bonds is 6. The molecule has 3 rings (SSSR count). The molecule has 8 nitrogen and oxygen atoms in total. The predicted octanol–water partition coefficient (Wildman–Crippen LogP) is 3.25. The van der Waals surface area contributed by atoms with Crippen LogP contribution in [0.25, 0.3) is 11.5 Å². The van der Waals surface area contributed by atoms with Crippen molar-refractivity contribution < 1.29 is 18.8 Å². The standard InChI is InChI=1S/C19H18N4O4S/c1-11(24)20-9-15-7-8-17(27-15)16-10-28-19(22-16)23-18(26)13-3-5-14(6-4-13)21-12(2)25/h3-8,10H,9H2,1-2H3,(H,20,24)(H,21,25)(H,22,23,26). The zero-order valence-corrected chi connectivity index (χ0v) is 16.1. The minimum absolute atomic E-state index is 0.137. The first-order chi connectivity index (χ1) is 13.4. The van der Waals surface area contributed by atoms with Gasteiger partial charge < -0.3 is 15.1 Å². The zero-order valence-electron chi connectivity index (χ0n) is 15.2. The van der Waals surface area contributed by atoms with Crippen molar-refractivity contribution in [1.82, 2.24) is 10.3 Å². The number of furan rings is 1. The summed E-state index contributed by atoms with van der Waals surface area (Å²) in [5.41, 5.74) is 1.66. The minimum Gasteiger partial charge on any atom is -0.458 e. The van der Waals surface area contributed by atoms with Gasteiger partial charge in [0.15, 0.2) is 10.9 Å². The van der Waals surface area contributed by atoms with Gasteiger partial charge >= 0.3 is 0 Å². The molecule has 0 fully saturated rings. The second kappa shape index (κ2) is 8.49. The topological polar surface area (TPSA) is 113 Å². The molecule has 0 aliphatic heterocycles. The summed E-state index contributed by atoms with van der Waals surface area (Å²) in [5, 5.41) is 10.3. The number of anilines is 2. The van der Waals surface area contributed by atoms with Gasteiger partial charge in [0.05, 0.1) is 6.54 Å². The lowest BCUT2D eigenvalue weighted by Crippen LogP contribution is -2.18. The van der Waals surface area contributed by atoms with Crippen LogP contribution in [0.3, 0.4) is 0 Å². The zero-order chi connectivity index (χ0) is 20.1. The molecule has 144 valence electrons. The number of thiazole rings is 1. The van der Waals surface area contributed by atoms with Crippen LogP contribution in [0.15, 0.2) is 46.2 Å². The molecule has 2 heterocycles. The summed E-state index contributed by atoms with van der Waals surface area (Å²) in [4.78, 5) is 38.7. The minimum atomic E-state index is -0.305. The molecule has 0 saturated heterocycles. The Morgan fingerprint density at radius 3 is 2.43 bits per heavy atom.